The second kappa shape index (κ2) is 8.32. The third-order valence-electron chi connectivity index (χ3n) is 3.09. The number of ether oxygens (including phenoxy) is 1. The molecule has 5 nitrogen and oxygen atoms in total. The van der Waals surface area contributed by atoms with Gasteiger partial charge in [0, 0.05) is 13.7 Å². The van der Waals surface area contributed by atoms with Gasteiger partial charge in [0.1, 0.15) is 6.54 Å². The van der Waals surface area contributed by atoms with Gasteiger partial charge in [-0.2, -0.15) is 0 Å². The Labute approximate surface area is 119 Å². The zero-order valence-corrected chi connectivity index (χ0v) is 12.0. The molecule has 0 aliphatic heterocycles. The Morgan fingerprint density at radius 3 is 2.45 bits per heavy atom. The molecule has 0 saturated carbocycles. The quantitative estimate of drug-likeness (QED) is 0.780. The second-order valence-electron chi connectivity index (χ2n) is 4.50. The molecular formula is C15H21NO4. The van der Waals surface area contributed by atoms with Gasteiger partial charge in [-0.25, -0.2) is 0 Å². The third-order valence-corrected chi connectivity index (χ3v) is 3.09. The lowest BCUT2D eigenvalue weighted by molar-refractivity contribution is -0.144. The van der Waals surface area contributed by atoms with Crippen molar-refractivity contribution in [3.63, 3.8) is 0 Å². The number of carbonyl (C=O) groups excluding carboxylic acids is 1. The van der Waals surface area contributed by atoms with Crippen LogP contribution < -0.4 is 0 Å². The Morgan fingerprint density at radius 2 is 1.90 bits per heavy atom. The van der Waals surface area contributed by atoms with E-state index in [1.54, 1.807) is 0 Å². The van der Waals surface area contributed by atoms with Crippen LogP contribution in [-0.2, 0) is 27.2 Å². The van der Waals surface area contributed by atoms with Crippen LogP contribution in [0.5, 0.6) is 0 Å². The van der Waals surface area contributed by atoms with E-state index in [2.05, 4.69) is 0 Å². The minimum absolute atomic E-state index is 0.189. The summed E-state index contributed by atoms with van der Waals surface area (Å²) in [7, 11) is 1.52. The fourth-order valence-corrected chi connectivity index (χ4v) is 2.01. The second-order valence-corrected chi connectivity index (χ2v) is 4.50. The molecule has 0 atom stereocenters. The van der Waals surface area contributed by atoms with Crippen LogP contribution >= 0.6 is 0 Å². The lowest BCUT2D eigenvalue weighted by atomic mass is 10.0. The standard InChI is InChI=1S/C15H21NO4/c1-3-12-6-4-5-7-13(12)10-14(17)16(8-9-20-2)11-15(18)19/h4-7H,3,8-11H2,1-2H3,(H,18,19). The number of carbonyl (C=O) groups is 2. The van der Waals surface area contributed by atoms with Crippen molar-refractivity contribution in [1.82, 2.24) is 4.90 Å². The van der Waals surface area contributed by atoms with E-state index in [0.29, 0.717) is 6.61 Å². The summed E-state index contributed by atoms with van der Waals surface area (Å²) in [6.45, 7) is 2.35. The van der Waals surface area contributed by atoms with Crippen LogP contribution in [0.2, 0.25) is 0 Å². The number of carboxylic acids is 1. The van der Waals surface area contributed by atoms with Crippen molar-refractivity contribution in [1.29, 1.82) is 0 Å². The fraction of sp³-hybridized carbons (Fsp3) is 0.467. The van der Waals surface area contributed by atoms with E-state index in [1.165, 1.54) is 12.0 Å². The first-order valence-electron chi connectivity index (χ1n) is 6.63. The Balaban J connectivity index is 2.76. The average molecular weight is 279 g/mol. The highest BCUT2D eigenvalue weighted by molar-refractivity contribution is 5.83. The number of hydrogen-bond acceptors (Lipinski definition) is 3. The summed E-state index contributed by atoms with van der Waals surface area (Å²) < 4.78 is 4.91. The lowest BCUT2D eigenvalue weighted by Gasteiger charge is -2.21. The maximum Gasteiger partial charge on any atom is 0.323 e. The van der Waals surface area contributed by atoms with Crippen molar-refractivity contribution in [2.45, 2.75) is 19.8 Å². The van der Waals surface area contributed by atoms with Gasteiger partial charge in [0.05, 0.1) is 13.0 Å². The molecule has 0 aromatic heterocycles. The van der Waals surface area contributed by atoms with Crippen LogP contribution in [0.15, 0.2) is 24.3 Å². The number of rotatable bonds is 8. The summed E-state index contributed by atoms with van der Waals surface area (Å²) >= 11 is 0. The summed E-state index contributed by atoms with van der Waals surface area (Å²) in [6.07, 6.45) is 1.07. The van der Waals surface area contributed by atoms with Crippen molar-refractivity contribution >= 4 is 11.9 Å². The Morgan fingerprint density at radius 1 is 1.25 bits per heavy atom. The van der Waals surface area contributed by atoms with E-state index in [4.69, 9.17) is 9.84 Å². The molecule has 1 amide bonds. The van der Waals surface area contributed by atoms with E-state index in [9.17, 15) is 9.59 Å². The van der Waals surface area contributed by atoms with E-state index in [1.807, 2.05) is 31.2 Å². The first-order valence-corrected chi connectivity index (χ1v) is 6.63. The zero-order chi connectivity index (χ0) is 15.0. The molecule has 0 spiro atoms. The smallest absolute Gasteiger partial charge is 0.323 e. The van der Waals surface area contributed by atoms with Crippen molar-refractivity contribution in [2.75, 3.05) is 26.8 Å². The number of nitrogens with zero attached hydrogens (tertiary/aromatic N) is 1. The zero-order valence-electron chi connectivity index (χ0n) is 12.0. The average Bonchev–Trinajstić information content (AvgIpc) is 2.43. The SMILES string of the molecule is CCc1ccccc1CC(=O)N(CCOC)CC(=O)O. The maximum atomic E-state index is 12.2. The van der Waals surface area contributed by atoms with Gasteiger partial charge in [-0.1, -0.05) is 31.2 Å². The highest BCUT2D eigenvalue weighted by Crippen LogP contribution is 2.11. The molecule has 0 aliphatic carbocycles. The molecular weight excluding hydrogens is 258 g/mol. The van der Waals surface area contributed by atoms with E-state index >= 15 is 0 Å². The summed E-state index contributed by atoms with van der Waals surface area (Å²) in [5.74, 6) is -1.21. The molecule has 5 heteroatoms. The molecule has 1 N–H and O–H groups in total. The van der Waals surface area contributed by atoms with Crippen LogP contribution in [0.25, 0.3) is 0 Å². The minimum Gasteiger partial charge on any atom is -0.480 e. The molecule has 0 radical (unpaired) electrons. The normalized spacial score (nSPS) is 10.3. The molecule has 0 unspecified atom stereocenters. The van der Waals surface area contributed by atoms with Gasteiger partial charge in [0.15, 0.2) is 0 Å². The van der Waals surface area contributed by atoms with E-state index in [-0.39, 0.29) is 25.4 Å². The van der Waals surface area contributed by atoms with Gasteiger partial charge >= 0.3 is 5.97 Å². The molecule has 1 rings (SSSR count). The third kappa shape index (κ3) is 5.01. The largest absolute Gasteiger partial charge is 0.480 e. The summed E-state index contributed by atoms with van der Waals surface area (Å²) in [5.41, 5.74) is 2.07. The first kappa shape index (κ1) is 16.2. The van der Waals surface area contributed by atoms with Gasteiger partial charge < -0.3 is 14.7 Å². The molecule has 1 aromatic carbocycles. The lowest BCUT2D eigenvalue weighted by Crippen LogP contribution is -2.39. The predicted molar refractivity (Wildman–Crippen MR) is 75.6 cm³/mol. The Kier molecular flexibility index (Phi) is 6.73. The van der Waals surface area contributed by atoms with Crippen LogP contribution in [0.4, 0.5) is 0 Å². The van der Waals surface area contributed by atoms with Crippen molar-refractivity contribution in [2.24, 2.45) is 0 Å². The topological polar surface area (TPSA) is 66.8 Å². The van der Waals surface area contributed by atoms with Gasteiger partial charge in [-0.3, -0.25) is 9.59 Å². The van der Waals surface area contributed by atoms with Crippen molar-refractivity contribution in [3.8, 4) is 0 Å². The number of hydrogen-bond donors (Lipinski definition) is 1. The Hall–Kier alpha value is -1.88. The van der Waals surface area contributed by atoms with Gasteiger partial charge in [-0.05, 0) is 17.5 Å². The number of carboxylic acid groups (broad SMARTS) is 1. The maximum absolute atomic E-state index is 12.2. The minimum atomic E-state index is -1.02. The molecule has 0 bridgehead atoms. The van der Waals surface area contributed by atoms with Gasteiger partial charge in [0.25, 0.3) is 0 Å². The number of amides is 1. The highest BCUT2D eigenvalue weighted by Gasteiger charge is 2.17. The number of benzene rings is 1. The number of methoxy groups -OCH3 is 1. The summed E-state index contributed by atoms with van der Waals surface area (Å²) in [5, 5.41) is 8.86. The molecule has 0 aliphatic rings. The van der Waals surface area contributed by atoms with Crippen molar-refractivity contribution < 1.29 is 19.4 Å². The summed E-state index contributed by atoms with van der Waals surface area (Å²) in [4.78, 5) is 24.4. The van der Waals surface area contributed by atoms with E-state index in [0.717, 1.165) is 17.5 Å². The molecule has 20 heavy (non-hydrogen) atoms. The van der Waals surface area contributed by atoms with Crippen molar-refractivity contribution in [3.05, 3.63) is 35.4 Å². The number of aliphatic carboxylic acids is 1. The molecule has 110 valence electrons. The monoisotopic (exact) mass is 279 g/mol. The van der Waals surface area contributed by atoms with Crippen LogP contribution in [0, 0.1) is 0 Å². The van der Waals surface area contributed by atoms with Crippen LogP contribution in [0.3, 0.4) is 0 Å². The Bertz CT molecular complexity index is 459. The van der Waals surface area contributed by atoms with Crippen LogP contribution in [-0.4, -0.2) is 48.7 Å². The number of aryl methyl sites for hydroxylation is 1. The van der Waals surface area contributed by atoms with Gasteiger partial charge in [0.2, 0.25) is 5.91 Å². The van der Waals surface area contributed by atoms with Gasteiger partial charge in [-0.15, -0.1) is 0 Å². The molecule has 0 fully saturated rings. The molecule has 0 heterocycles. The van der Waals surface area contributed by atoms with E-state index < -0.39 is 5.97 Å². The highest BCUT2D eigenvalue weighted by atomic mass is 16.5. The first-order chi connectivity index (χ1) is 9.58. The predicted octanol–water partition coefficient (Wildman–Crippen LogP) is 1.35. The van der Waals surface area contributed by atoms with Crippen LogP contribution in [0.1, 0.15) is 18.1 Å². The fourth-order valence-electron chi connectivity index (χ4n) is 2.01. The summed E-state index contributed by atoms with van der Waals surface area (Å²) in [6, 6.07) is 7.72. The molecule has 1 aromatic rings. The molecule has 0 saturated heterocycles.